The van der Waals surface area contributed by atoms with Gasteiger partial charge < -0.3 is 98.8 Å². The van der Waals surface area contributed by atoms with Crippen molar-refractivity contribution in [2.75, 3.05) is 19.6 Å². The van der Waals surface area contributed by atoms with Crippen LogP contribution in [0.3, 0.4) is 0 Å². The molecule has 3 heterocycles. The molecule has 19 unspecified atom stereocenters. The van der Waals surface area contributed by atoms with Crippen LogP contribution in [-0.2, 0) is 33.2 Å². The number of nitrogens with one attached hydrogen (secondary N) is 1. The zero-order valence-corrected chi connectivity index (χ0v) is 24.8. The zero-order chi connectivity index (χ0) is 33.3. The van der Waals surface area contributed by atoms with Crippen molar-refractivity contribution in [1.82, 2.24) is 5.32 Å². The molecule has 0 aromatic rings. The number of aliphatic hydroxyl groups is 6. The van der Waals surface area contributed by atoms with Gasteiger partial charge in [-0.25, -0.2) is 0 Å². The van der Waals surface area contributed by atoms with E-state index in [0.717, 1.165) is 0 Å². The van der Waals surface area contributed by atoms with Crippen molar-refractivity contribution < 1.29 is 63.9 Å². The highest BCUT2D eigenvalue weighted by molar-refractivity contribution is 5.72. The molecule has 4 rings (SSSR count). The molecule has 20 nitrogen and oxygen atoms in total. The van der Waals surface area contributed by atoms with Crippen LogP contribution in [0.5, 0.6) is 0 Å². The molecule has 0 bridgehead atoms. The van der Waals surface area contributed by atoms with Crippen LogP contribution in [0.25, 0.3) is 0 Å². The Bertz CT molecular complexity index is 974. The van der Waals surface area contributed by atoms with Gasteiger partial charge in [-0.1, -0.05) is 0 Å². The van der Waals surface area contributed by atoms with Crippen LogP contribution in [0, 0.1) is 0 Å². The Morgan fingerprint density at radius 1 is 0.644 bits per heavy atom. The molecule has 1 saturated carbocycles. The summed E-state index contributed by atoms with van der Waals surface area (Å²) in [6, 6.07) is -4.23. The predicted octanol–water partition coefficient (Wildman–Crippen LogP) is -8.75. The number of carbonyl (C=O) groups excluding carboxylic acids is 1. The molecular formula is C25H49N7O13. The van der Waals surface area contributed by atoms with Gasteiger partial charge in [-0.15, -0.1) is 0 Å². The summed E-state index contributed by atoms with van der Waals surface area (Å²) < 4.78 is 35.3. The molecule has 19 N–H and O–H groups in total. The third-order valence-corrected chi connectivity index (χ3v) is 8.74. The Kier molecular flexibility index (Phi) is 12.5. The van der Waals surface area contributed by atoms with E-state index < -0.39 is 122 Å². The van der Waals surface area contributed by atoms with Crippen LogP contribution in [-0.4, -0.2) is 172 Å². The van der Waals surface area contributed by atoms with Crippen LogP contribution in [0.4, 0.5) is 0 Å². The van der Waals surface area contributed by atoms with Crippen LogP contribution in [0.2, 0.25) is 0 Å². The molecule has 45 heavy (non-hydrogen) atoms. The summed E-state index contributed by atoms with van der Waals surface area (Å²) in [5.41, 5.74) is 35.9. The first kappa shape index (κ1) is 36.6. The molecule has 3 aliphatic heterocycles. The van der Waals surface area contributed by atoms with Gasteiger partial charge in [0.1, 0.15) is 67.1 Å². The molecule has 20 heteroatoms. The molecule has 1 aliphatic carbocycles. The molecule has 0 aromatic carbocycles. The maximum absolute atomic E-state index is 11.7. The van der Waals surface area contributed by atoms with Crippen molar-refractivity contribution in [3.05, 3.63) is 0 Å². The first-order valence-electron chi connectivity index (χ1n) is 14.9. The monoisotopic (exact) mass is 655 g/mol. The topological polar surface area (TPSA) is 362 Å². The summed E-state index contributed by atoms with van der Waals surface area (Å²) in [4.78, 5) is 11.7. The second kappa shape index (κ2) is 15.3. The first-order chi connectivity index (χ1) is 21.2. The minimum absolute atomic E-state index is 0.0809. The van der Waals surface area contributed by atoms with Crippen molar-refractivity contribution >= 4 is 5.91 Å². The van der Waals surface area contributed by atoms with E-state index in [9.17, 15) is 35.4 Å². The standard InChI is InChI=1S/C25H49N7O13/c1-6(33)32-5-11-21(44-24-13(31)18(38)16(36)10(4-27)41-24)19(39)25(42-11)45-22-14(34)7(28)2-8(29)20(22)43-23-12(30)17(37)15(35)9(3-26)40-23/h7-25,34-39H,2-5,26-31H2,1H3,(H,32,33). The number of hydrogen-bond donors (Lipinski definition) is 13. The quantitative estimate of drug-likeness (QED) is 0.104. The van der Waals surface area contributed by atoms with E-state index >= 15 is 0 Å². The Hall–Kier alpha value is -1.25. The van der Waals surface area contributed by atoms with Gasteiger partial charge in [0.25, 0.3) is 0 Å². The maximum Gasteiger partial charge on any atom is 0.216 e. The number of rotatable bonds is 10. The van der Waals surface area contributed by atoms with Crippen molar-refractivity contribution in [3.8, 4) is 0 Å². The molecule has 0 aromatic heterocycles. The number of amides is 1. The Morgan fingerprint density at radius 3 is 1.60 bits per heavy atom. The van der Waals surface area contributed by atoms with Gasteiger partial charge >= 0.3 is 0 Å². The van der Waals surface area contributed by atoms with E-state index in [4.69, 9.17) is 62.8 Å². The molecule has 0 radical (unpaired) electrons. The van der Waals surface area contributed by atoms with E-state index in [-0.39, 0.29) is 26.1 Å². The van der Waals surface area contributed by atoms with Crippen LogP contribution >= 0.6 is 0 Å². The largest absolute Gasteiger partial charge is 0.389 e. The summed E-state index contributed by atoms with van der Waals surface area (Å²) in [5, 5.41) is 66.3. The second-order valence-electron chi connectivity index (χ2n) is 12.0. The normalized spacial score (nSPS) is 50.8. The highest BCUT2D eigenvalue weighted by Gasteiger charge is 2.54. The van der Waals surface area contributed by atoms with E-state index in [2.05, 4.69) is 5.32 Å². The van der Waals surface area contributed by atoms with E-state index in [1.807, 2.05) is 0 Å². The van der Waals surface area contributed by atoms with Gasteiger partial charge in [0.15, 0.2) is 18.9 Å². The lowest BCUT2D eigenvalue weighted by Crippen LogP contribution is -2.68. The van der Waals surface area contributed by atoms with Gasteiger partial charge in [0.2, 0.25) is 5.91 Å². The summed E-state index contributed by atoms with van der Waals surface area (Å²) in [6.45, 7) is 0.769. The molecule has 0 spiro atoms. The average Bonchev–Trinajstić information content (AvgIpc) is 3.29. The number of aliphatic hydroxyl groups excluding tert-OH is 6. The fraction of sp³-hybridized carbons (Fsp3) is 0.960. The zero-order valence-electron chi connectivity index (χ0n) is 24.8. The second-order valence-corrected chi connectivity index (χ2v) is 12.0. The summed E-state index contributed by atoms with van der Waals surface area (Å²) in [6.07, 6.45) is -19.8. The fourth-order valence-electron chi connectivity index (χ4n) is 6.00. The Labute approximate surface area is 259 Å². The smallest absolute Gasteiger partial charge is 0.216 e. The van der Waals surface area contributed by atoms with Crippen molar-refractivity contribution in [2.45, 2.75) is 130 Å². The third-order valence-electron chi connectivity index (χ3n) is 8.74. The fourth-order valence-corrected chi connectivity index (χ4v) is 6.00. The molecule has 1 amide bonds. The summed E-state index contributed by atoms with van der Waals surface area (Å²) >= 11 is 0. The van der Waals surface area contributed by atoms with Gasteiger partial charge in [-0.05, 0) is 6.42 Å². The maximum atomic E-state index is 11.7. The van der Waals surface area contributed by atoms with Gasteiger partial charge in [-0.2, -0.15) is 0 Å². The number of hydrogen-bond acceptors (Lipinski definition) is 19. The van der Waals surface area contributed by atoms with Crippen LogP contribution in [0.1, 0.15) is 13.3 Å². The van der Waals surface area contributed by atoms with Crippen LogP contribution in [0.15, 0.2) is 0 Å². The number of carbonyl (C=O) groups is 1. The number of ether oxygens (including phenoxy) is 6. The lowest BCUT2D eigenvalue weighted by Gasteiger charge is -2.47. The lowest BCUT2D eigenvalue weighted by atomic mass is 9.84. The molecular weight excluding hydrogens is 606 g/mol. The van der Waals surface area contributed by atoms with Gasteiger partial charge in [-0.3, -0.25) is 4.79 Å². The van der Waals surface area contributed by atoms with E-state index in [1.54, 1.807) is 0 Å². The summed E-state index contributed by atoms with van der Waals surface area (Å²) in [7, 11) is 0. The van der Waals surface area contributed by atoms with E-state index in [0.29, 0.717) is 0 Å². The van der Waals surface area contributed by atoms with Crippen LogP contribution < -0.4 is 39.7 Å². The van der Waals surface area contributed by atoms with Crippen molar-refractivity contribution in [1.29, 1.82) is 0 Å². The predicted molar refractivity (Wildman–Crippen MR) is 150 cm³/mol. The highest BCUT2D eigenvalue weighted by Crippen LogP contribution is 2.34. The van der Waals surface area contributed by atoms with Crippen molar-refractivity contribution in [2.24, 2.45) is 34.4 Å². The average molecular weight is 656 g/mol. The van der Waals surface area contributed by atoms with Crippen molar-refractivity contribution in [3.63, 3.8) is 0 Å². The van der Waals surface area contributed by atoms with Gasteiger partial charge in [0.05, 0.1) is 18.2 Å². The van der Waals surface area contributed by atoms with Gasteiger partial charge in [0, 0.05) is 38.6 Å². The number of nitrogens with two attached hydrogens (primary N) is 6. The molecule has 19 atom stereocenters. The minimum Gasteiger partial charge on any atom is -0.389 e. The molecule has 4 aliphatic rings. The highest BCUT2D eigenvalue weighted by atomic mass is 16.8. The summed E-state index contributed by atoms with van der Waals surface area (Å²) in [5.74, 6) is -0.413. The first-order valence-corrected chi connectivity index (χ1v) is 14.9. The minimum atomic E-state index is -1.60. The molecule has 3 saturated heterocycles. The Morgan fingerprint density at radius 2 is 1.11 bits per heavy atom. The molecule has 4 fully saturated rings. The lowest BCUT2D eigenvalue weighted by molar-refractivity contribution is -0.306. The third kappa shape index (κ3) is 7.74. The Balaban J connectivity index is 1.54. The van der Waals surface area contributed by atoms with E-state index in [1.165, 1.54) is 6.92 Å². The molecule has 262 valence electrons. The SMILES string of the molecule is CC(=O)NCC1OC(OC2C(O)C(N)CC(N)C2OC2OC(CN)C(O)C(O)C2N)C(O)C1OC1OC(CN)C(O)C(O)C1N.